The first-order valence-electron chi connectivity index (χ1n) is 10.4. The van der Waals surface area contributed by atoms with E-state index in [0.717, 1.165) is 27.8 Å². The largest absolute Gasteiger partial charge is 0.353 e. The minimum absolute atomic E-state index is 0.0630. The predicted octanol–water partition coefficient (Wildman–Crippen LogP) is 4.81. The van der Waals surface area contributed by atoms with Crippen LogP contribution in [0.15, 0.2) is 89.8 Å². The zero-order chi connectivity index (χ0) is 23.2. The summed E-state index contributed by atoms with van der Waals surface area (Å²) in [5, 5.41) is 2.47. The highest BCUT2D eigenvalue weighted by molar-refractivity contribution is 8.18. The normalized spacial score (nSPS) is 14.8. The molecule has 1 aliphatic rings. The van der Waals surface area contributed by atoms with Crippen LogP contribution in [0.25, 0.3) is 6.08 Å². The molecule has 3 aromatic carbocycles. The summed E-state index contributed by atoms with van der Waals surface area (Å²) in [5.74, 6) is -1.51. The molecule has 0 spiro atoms. The molecule has 4 rings (SSSR count). The van der Waals surface area contributed by atoms with Crippen molar-refractivity contribution in [3.8, 4) is 0 Å². The average molecular weight is 461 g/mol. The Balaban J connectivity index is 1.41. The number of carbonyl (C=O) groups excluding carboxylic acids is 3. The van der Waals surface area contributed by atoms with Crippen LogP contribution in [0.1, 0.15) is 22.6 Å². The van der Waals surface area contributed by atoms with Gasteiger partial charge in [-0.3, -0.25) is 19.3 Å². The van der Waals surface area contributed by atoms with Crippen molar-refractivity contribution in [3.63, 3.8) is 0 Å². The minimum Gasteiger partial charge on any atom is -0.353 e. The molecule has 0 atom stereocenters. The van der Waals surface area contributed by atoms with Gasteiger partial charge in [0.2, 0.25) is 5.91 Å². The van der Waals surface area contributed by atoms with Gasteiger partial charge < -0.3 is 5.32 Å². The Kier molecular flexibility index (Phi) is 7.00. The van der Waals surface area contributed by atoms with Gasteiger partial charge >= 0.3 is 0 Å². The fourth-order valence-electron chi connectivity index (χ4n) is 3.58. The van der Waals surface area contributed by atoms with Gasteiger partial charge in [0.05, 0.1) is 10.8 Å². The molecule has 1 N–H and O–H groups in total. The van der Waals surface area contributed by atoms with E-state index >= 15 is 0 Å². The lowest BCUT2D eigenvalue weighted by molar-refractivity contribution is -0.124. The van der Waals surface area contributed by atoms with Crippen molar-refractivity contribution in [1.82, 2.24) is 10.2 Å². The van der Waals surface area contributed by atoms with E-state index in [9.17, 15) is 18.8 Å². The number of hydrogen-bond donors (Lipinski definition) is 1. The topological polar surface area (TPSA) is 66.5 Å². The number of carbonyl (C=O) groups is 3. The summed E-state index contributed by atoms with van der Waals surface area (Å²) in [6, 6.07) is 24.6. The number of nitrogens with one attached hydrogen (secondary N) is 1. The molecule has 0 saturated carbocycles. The molecule has 0 aliphatic carbocycles. The van der Waals surface area contributed by atoms with Gasteiger partial charge in [0, 0.05) is 13.1 Å². The number of amides is 3. The molecular weight excluding hydrogens is 439 g/mol. The average Bonchev–Trinajstić information content (AvgIpc) is 3.09. The van der Waals surface area contributed by atoms with Crippen molar-refractivity contribution >= 4 is 34.9 Å². The lowest BCUT2D eigenvalue weighted by atomic mass is 9.90. The zero-order valence-electron chi connectivity index (χ0n) is 17.6. The van der Waals surface area contributed by atoms with E-state index in [1.165, 1.54) is 24.3 Å². The maximum Gasteiger partial charge on any atom is 0.293 e. The first-order chi connectivity index (χ1) is 16.0. The van der Waals surface area contributed by atoms with Crippen LogP contribution in [0.4, 0.5) is 9.18 Å². The Morgan fingerprint density at radius 1 is 0.909 bits per heavy atom. The van der Waals surface area contributed by atoms with E-state index < -0.39 is 17.1 Å². The maximum absolute atomic E-state index is 13.1. The molecule has 0 radical (unpaired) electrons. The van der Waals surface area contributed by atoms with Gasteiger partial charge in [-0.2, -0.15) is 0 Å². The molecule has 1 fully saturated rings. The van der Waals surface area contributed by atoms with E-state index in [1.54, 1.807) is 6.08 Å². The monoisotopic (exact) mass is 460 g/mol. The van der Waals surface area contributed by atoms with Crippen molar-refractivity contribution in [2.24, 2.45) is 0 Å². The lowest BCUT2D eigenvalue weighted by Gasteiger charge is -2.19. The molecule has 1 heterocycles. The van der Waals surface area contributed by atoms with Gasteiger partial charge in [-0.1, -0.05) is 72.8 Å². The van der Waals surface area contributed by atoms with Crippen LogP contribution in [-0.4, -0.2) is 35.0 Å². The van der Waals surface area contributed by atoms with Gasteiger partial charge in [0.25, 0.3) is 11.1 Å². The molecule has 0 unspecified atom stereocenters. The quantitative estimate of drug-likeness (QED) is 0.514. The number of thioether (sulfide) groups is 1. The third kappa shape index (κ3) is 5.38. The summed E-state index contributed by atoms with van der Waals surface area (Å²) in [6.45, 7) is 0.199. The molecular formula is C26H21FN2O3S. The second-order valence-corrected chi connectivity index (χ2v) is 8.42. The van der Waals surface area contributed by atoms with Crippen LogP contribution < -0.4 is 5.32 Å². The van der Waals surface area contributed by atoms with Crippen LogP contribution in [-0.2, 0) is 9.59 Å². The van der Waals surface area contributed by atoms with Gasteiger partial charge in [0.15, 0.2) is 0 Å². The molecule has 3 aromatic rings. The molecule has 7 heteroatoms. The smallest absolute Gasteiger partial charge is 0.293 e. The van der Waals surface area contributed by atoms with Gasteiger partial charge in [-0.25, -0.2) is 4.39 Å². The molecule has 33 heavy (non-hydrogen) atoms. The summed E-state index contributed by atoms with van der Waals surface area (Å²) < 4.78 is 13.1. The summed E-state index contributed by atoms with van der Waals surface area (Å²) in [4.78, 5) is 39.5. The molecule has 3 amide bonds. The standard InChI is InChI=1S/C26H21FN2O3S/c27-21-13-11-18(12-14-21)17-22-25(31)29(26(32)33-22)16-15-28-24(30)23(19-7-3-1-4-8-19)20-9-5-2-6-10-20/h1-14,17,23H,15-16H2,(H,28,30)/b22-17+. The van der Waals surface area contributed by atoms with Crippen LogP contribution in [0.5, 0.6) is 0 Å². The van der Waals surface area contributed by atoms with E-state index in [2.05, 4.69) is 5.32 Å². The second-order valence-electron chi connectivity index (χ2n) is 7.43. The Bertz CT molecular complexity index is 1140. The van der Waals surface area contributed by atoms with Crippen LogP contribution in [0.3, 0.4) is 0 Å². The van der Waals surface area contributed by atoms with Gasteiger partial charge in [-0.05, 0) is 46.7 Å². The summed E-state index contributed by atoms with van der Waals surface area (Å²) in [6.07, 6.45) is 1.56. The van der Waals surface area contributed by atoms with Crippen molar-refractivity contribution in [2.45, 2.75) is 5.92 Å². The number of nitrogens with zero attached hydrogens (tertiary/aromatic N) is 1. The minimum atomic E-state index is -0.499. The Labute approximate surface area is 195 Å². The SMILES string of the molecule is O=C(NCCN1C(=O)S/C(=C/c2ccc(F)cc2)C1=O)C(c1ccccc1)c1ccccc1. The number of halogens is 1. The third-order valence-corrected chi connectivity index (χ3v) is 6.11. The highest BCUT2D eigenvalue weighted by atomic mass is 32.2. The second kappa shape index (κ2) is 10.3. The summed E-state index contributed by atoms with van der Waals surface area (Å²) >= 11 is 0.832. The zero-order valence-corrected chi connectivity index (χ0v) is 18.4. The lowest BCUT2D eigenvalue weighted by Crippen LogP contribution is -2.39. The van der Waals surface area contributed by atoms with Crippen LogP contribution >= 0.6 is 11.8 Å². The Hall–Kier alpha value is -3.71. The maximum atomic E-state index is 13.1. The number of benzene rings is 3. The summed E-state index contributed by atoms with van der Waals surface area (Å²) in [5.41, 5.74) is 2.34. The first kappa shape index (κ1) is 22.5. The number of hydrogen-bond acceptors (Lipinski definition) is 4. The van der Waals surface area contributed by atoms with Crippen LogP contribution in [0.2, 0.25) is 0 Å². The summed E-state index contributed by atoms with van der Waals surface area (Å²) in [7, 11) is 0. The predicted molar refractivity (Wildman–Crippen MR) is 127 cm³/mol. The van der Waals surface area contributed by atoms with Crippen molar-refractivity contribution in [1.29, 1.82) is 0 Å². The van der Waals surface area contributed by atoms with E-state index in [1.807, 2.05) is 60.7 Å². The molecule has 0 aromatic heterocycles. The van der Waals surface area contributed by atoms with E-state index in [-0.39, 0.29) is 29.7 Å². The molecule has 1 saturated heterocycles. The van der Waals surface area contributed by atoms with Crippen molar-refractivity contribution in [2.75, 3.05) is 13.1 Å². The molecule has 1 aliphatic heterocycles. The molecule has 5 nitrogen and oxygen atoms in total. The van der Waals surface area contributed by atoms with Crippen molar-refractivity contribution < 1.29 is 18.8 Å². The van der Waals surface area contributed by atoms with Gasteiger partial charge in [-0.15, -0.1) is 0 Å². The molecule has 166 valence electrons. The highest BCUT2D eigenvalue weighted by Gasteiger charge is 2.35. The van der Waals surface area contributed by atoms with E-state index in [0.29, 0.717) is 5.56 Å². The third-order valence-electron chi connectivity index (χ3n) is 5.20. The molecule has 0 bridgehead atoms. The number of imide groups is 1. The fourth-order valence-corrected chi connectivity index (χ4v) is 4.45. The van der Waals surface area contributed by atoms with Crippen LogP contribution in [0, 0.1) is 5.82 Å². The van der Waals surface area contributed by atoms with Gasteiger partial charge in [0.1, 0.15) is 5.82 Å². The van der Waals surface area contributed by atoms with Crippen molar-refractivity contribution in [3.05, 3.63) is 112 Å². The first-order valence-corrected chi connectivity index (χ1v) is 11.2. The number of rotatable bonds is 7. The Morgan fingerprint density at radius 3 is 2.06 bits per heavy atom. The Morgan fingerprint density at radius 2 is 1.48 bits per heavy atom. The highest BCUT2D eigenvalue weighted by Crippen LogP contribution is 2.32. The van der Waals surface area contributed by atoms with E-state index in [4.69, 9.17) is 0 Å². The fraction of sp³-hybridized carbons (Fsp3) is 0.115.